The minimum atomic E-state index is 0.00140. The molecule has 0 unspecified atom stereocenters. The number of carbonyl (C=O) groups excluding carboxylic acids is 1. The summed E-state index contributed by atoms with van der Waals surface area (Å²) in [5, 5.41) is 5.40. The molecule has 8 heteroatoms. The third kappa shape index (κ3) is 3.86. The summed E-state index contributed by atoms with van der Waals surface area (Å²) in [6.45, 7) is 1.84. The smallest absolute Gasteiger partial charge is 0.250 e. The van der Waals surface area contributed by atoms with Crippen molar-refractivity contribution in [3.8, 4) is 17.2 Å². The van der Waals surface area contributed by atoms with Crippen LogP contribution in [-0.2, 0) is 6.42 Å². The van der Waals surface area contributed by atoms with E-state index in [2.05, 4.69) is 10.1 Å². The number of hydrogen-bond donors (Lipinski definition) is 0. The van der Waals surface area contributed by atoms with Gasteiger partial charge in [0.1, 0.15) is 11.6 Å². The fraction of sp³-hybridized carbons (Fsp3) is 0.190. The minimum absolute atomic E-state index is 0.00140. The van der Waals surface area contributed by atoms with Crippen LogP contribution >= 0.6 is 23.2 Å². The molecule has 0 aliphatic carbocycles. The van der Waals surface area contributed by atoms with Gasteiger partial charge < -0.3 is 9.15 Å². The van der Waals surface area contributed by atoms with Crippen molar-refractivity contribution in [2.24, 2.45) is 0 Å². The van der Waals surface area contributed by atoms with E-state index in [0.717, 1.165) is 11.4 Å². The average molecular weight is 430 g/mol. The summed E-state index contributed by atoms with van der Waals surface area (Å²) >= 11 is 12.0. The Morgan fingerprint density at radius 3 is 2.72 bits per heavy atom. The van der Waals surface area contributed by atoms with Gasteiger partial charge in [-0.05, 0) is 43.2 Å². The molecule has 29 heavy (non-hydrogen) atoms. The average Bonchev–Trinajstić information content (AvgIpc) is 3.30. The molecule has 0 aliphatic rings. The quantitative estimate of drug-likeness (QED) is 0.382. The Labute approximate surface area is 177 Å². The van der Waals surface area contributed by atoms with Crippen LogP contribution in [0.1, 0.15) is 28.2 Å². The standard InChI is InChI=1S/C21H17Cl2N3O3/c1-12-24-11-20-26(12)25-21(29-20)15-6-5-14(10-19(15)28-2)18(27)8-4-13-3-7-16(22)17(23)9-13/h3,5-7,9-11H,4,8H2,1-2H3. The first-order valence-corrected chi connectivity index (χ1v) is 9.68. The van der Waals surface area contributed by atoms with Crippen molar-refractivity contribution in [1.82, 2.24) is 14.6 Å². The topological polar surface area (TPSA) is 69.6 Å². The second kappa shape index (κ2) is 7.89. The number of benzene rings is 2. The maximum Gasteiger partial charge on any atom is 0.250 e. The highest BCUT2D eigenvalue weighted by Gasteiger charge is 2.17. The second-order valence-corrected chi connectivity index (χ2v) is 7.36. The second-order valence-electron chi connectivity index (χ2n) is 6.55. The minimum Gasteiger partial charge on any atom is -0.496 e. The zero-order valence-corrected chi connectivity index (χ0v) is 17.3. The summed E-state index contributed by atoms with van der Waals surface area (Å²) in [6.07, 6.45) is 2.52. The van der Waals surface area contributed by atoms with Crippen LogP contribution in [-0.4, -0.2) is 27.5 Å². The first kappa shape index (κ1) is 19.5. The van der Waals surface area contributed by atoms with Gasteiger partial charge in [-0.15, -0.1) is 5.10 Å². The molecule has 0 fully saturated rings. The summed E-state index contributed by atoms with van der Waals surface area (Å²) in [6, 6.07) is 10.6. The van der Waals surface area contributed by atoms with E-state index >= 15 is 0 Å². The lowest BCUT2D eigenvalue weighted by Crippen LogP contribution is -2.02. The van der Waals surface area contributed by atoms with Crippen molar-refractivity contribution in [3.05, 3.63) is 69.6 Å². The molecule has 0 saturated carbocycles. The summed E-state index contributed by atoms with van der Waals surface area (Å²) in [5.41, 5.74) is 2.72. The number of rotatable bonds is 6. The molecule has 4 aromatic rings. The number of halogens is 2. The Bertz CT molecular complexity index is 1210. The van der Waals surface area contributed by atoms with Gasteiger partial charge in [0, 0.05) is 12.0 Å². The fourth-order valence-electron chi connectivity index (χ4n) is 3.07. The highest BCUT2D eigenvalue weighted by molar-refractivity contribution is 6.42. The van der Waals surface area contributed by atoms with E-state index in [1.54, 1.807) is 48.2 Å². The van der Waals surface area contributed by atoms with Gasteiger partial charge in [-0.1, -0.05) is 35.3 Å². The van der Waals surface area contributed by atoms with Gasteiger partial charge in [-0.25, -0.2) is 4.98 Å². The molecule has 4 rings (SSSR count). The van der Waals surface area contributed by atoms with Crippen LogP contribution in [0.25, 0.3) is 17.2 Å². The van der Waals surface area contributed by atoms with Gasteiger partial charge >= 0.3 is 0 Å². The number of aryl methyl sites for hydroxylation is 2. The molecule has 0 amide bonds. The first-order valence-electron chi connectivity index (χ1n) is 8.93. The summed E-state index contributed by atoms with van der Waals surface area (Å²) in [7, 11) is 1.55. The molecule has 6 nitrogen and oxygen atoms in total. The number of nitrogens with zero attached hydrogens (tertiary/aromatic N) is 3. The molecular weight excluding hydrogens is 413 g/mol. The summed E-state index contributed by atoms with van der Waals surface area (Å²) < 4.78 is 12.8. The highest BCUT2D eigenvalue weighted by Crippen LogP contribution is 2.31. The Hall–Kier alpha value is -2.83. The van der Waals surface area contributed by atoms with Gasteiger partial charge in [0.15, 0.2) is 5.78 Å². The predicted octanol–water partition coefficient (Wildman–Crippen LogP) is 5.43. The van der Waals surface area contributed by atoms with Crippen molar-refractivity contribution in [2.75, 3.05) is 7.11 Å². The van der Waals surface area contributed by atoms with Crippen LogP contribution in [0.3, 0.4) is 0 Å². The van der Waals surface area contributed by atoms with E-state index in [4.69, 9.17) is 32.4 Å². The number of imidazole rings is 1. The normalized spacial score (nSPS) is 11.2. The zero-order chi connectivity index (χ0) is 20.5. The van der Waals surface area contributed by atoms with Crippen LogP contribution in [0.15, 0.2) is 47.0 Å². The molecule has 0 aliphatic heterocycles. The lowest BCUT2D eigenvalue weighted by molar-refractivity contribution is 0.0982. The van der Waals surface area contributed by atoms with E-state index in [1.165, 1.54) is 0 Å². The van der Waals surface area contributed by atoms with Crippen LogP contribution in [0, 0.1) is 6.92 Å². The number of carbonyl (C=O) groups is 1. The number of hydrogen-bond acceptors (Lipinski definition) is 5. The maximum atomic E-state index is 12.7. The lowest BCUT2D eigenvalue weighted by atomic mass is 10.0. The number of fused-ring (bicyclic) bond motifs is 1. The van der Waals surface area contributed by atoms with Gasteiger partial charge in [0.2, 0.25) is 11.6 Å². The van der Waals surface area contributed by atoms with Crippen LogP contribution < -0.4 is 4.74 Å². The number of aromatic nitrogens is 3. The molecule has 2 aromatic heterocycles. The third-order valence-electron chi connectivity index (χ3n) is 4.65. The molecular formula is C21H17Cl2N3O3. The Morgan fingerprint density at radius 2 is 2.00 bits per heavy atom. The summed E-state index contributed by atoms with van der Waals surface area (Å²) in [5.74, 6) is 1.64. The lowest BCUT2D eigenvalue weighted by Gasteiger charge is -2.08. The van der Waals surface area contributed by atoms with Crippen LogP contribution in [0.4, 0.5) is 0 Å². The maximum absolute atomic E-state index is 12.7. The van der Waals surface area contributed by atoms with Gasteiger partial charge in [-0.2, -0.15) is 4.52 Å². The number of ether oxygens (including phenoxy) is 1. The number of Topliss-reactive ketones (excluding diaryl/α,β-unsaturated/α-hetero) is 1. The van der Waals surface area contributed by atoms with E-state index in [1.807, 2.05) is 13.0 Å². The fourth-order valence-corrected chi connectivity index (χ4v) is 3.39. The highest BCUT2D eigenvalue weighted by atomic mass is 35.5. The number of ketones is 1. The molecule has 0 bridgehead atoms. The van der Waals surface area contributed by atoms with Crippen LogP contribution in [0.2, 0.25) is 10.0 Å². The zero-order valence-electron chi connectivity index (χ0n) is 15.8. The first-order chi connectivity index (χ1) is 14.0. The Balaban J connectivity index is 1.55. The van der Waals surface area contributed by atoms with Crippen molar-refractivity contribution < 1.29 is 13.9 Å². The van der Waals surface area contributed by atoms with E-state index in [9.17, 15) is 4.79 Å². The monoisotopic (exact) mass is 429 g/mol. The van der Waals surface area contributed by atoms with E-state index in [0.29, 0.717) is 51.4 Å². The molecule has 0 radical (unpaired) electrons. The Morgan fingerprint density at radius 1 is 1.17 bits per heavy atom. The molecule has 0 saturated heterocycles. The largest absolute Gasteiger partial charge is 0.496 e. The Kier molecular flexibility index (Phi) is 5.30. The van der Waals surface area contributed by atoms with Crippen molar-refractivity contribution >= 4 is 34.7 Å². The predicted molar refractivity (Wildman–Crippen MR) is 111 cm³/mol. The molecule has 148 valence electrons. The third-order valence-corrected chi connectivity index (χ3v) is 5.39. The van der Waals surface area contributed by atoms with Gasteiger partial charge in [0.25, 0.3) is 0 Å². The van der Waals surface area contributed by atoms with Gasteiger partial charge in [0.05, 0.1) is 28.9 Å². The van der Waals surface area contributed by atoms with E-state index < -0.39 is 0 Å². The SMILES string of the molecule is COc1cc(C(=O)CCc2ccc(Cl)c(Cl)c2)ccc1-c1nn2c(C)ncc2o1. The van der Waals surface area contributed by atoms with Crippen molar-refractivity contribution in [3.63, 3.8) is 0 Å². The number of methoxy groups -OCH3 is 1. The molecule has 0 spiro atoms. The van der Waals surface area contributed by atoms with E-state index in [-0.39, 0.29) is 5.78 Å². The molecule has 2 heterocycles. The van der Waals surface area contributed by atoms with Crippen molar-refractivity contribution in [1.29, 1.82) is 0 Å². The van der Waals surface area contributed by atoms with Crippen LogP contribution in [0.5, 0.6) is 5.75 Å². The van der Waals surface area contributed by atoms with Gasteiger partial charge in [-0.3, -0.25) is 4.79 Å². The summed E-state index contributed by atoms with van der Waals surface area (Å²) in [4.78, 5) is 16.8. The molecule has 0 atom stereocenters. The van der Waals surface area contributed by atoms with Crippen molar-refractivity contribution in [2.45, 2.75) is 19.8 Å². The molecule has 0 N–H and O–H groups in total. The molecule has 2 aromatic carbocycles.